The van der Waals surface area contributed by atoms with E-state index in [0.717, 1.165) is 35.9 Å². The molecule has 0 aliphatic rings. The van der Waals surface area contributed by atoms with Gasteiger partial charge in [-0.05, 0) is 14.0 Å². The van der Waals surface area contributed by atoms with Crippen LogP contribution in [-0.4, -0.2) is 28.4 Å². The Hall–Kier alpha value is -1.62. The molecule has 0 fully saturated rings. The summed E-state index contributed by atoms with van der Waals surface area (Å²) in [6.45, 7) is 2.88. The van der Waals surface area contributed by atoms with Crippen molar-refractivity contribution in [1.82, 2.24) is 20.1 Å². The highest BCUT2D eigenvalue weighted by atomic mass is 16.4. The quantitative estimate of drug-likeness (QED) is 0.839. The summed E-state index contributed by atoms with van der Waals surface area (Å²) in [5.41, 5.74) is 2.09. The third kappa shape index (κ3) is 1.99. The molecular formula is C11H16N4O. The SMILES string of the molecule is CNCCc1ncc(-c2cnn(C)c2C)o1. The van der Waals surface area contributed by atoms with Gasteiger partial charge in [-0.15, -0.1) is 0 Å². The van der Waals surface area contributed by atoms with Crippen molar-refractivity contribution < 1.29 is 4.42 Å². The normalized spacial score (nSPS) is 10.9. The molecule has 2 rings (SSSR count). The molecule has 86 valence electrons. The van der Waals surface area contributed by atoms with Crippen LogP contribution in [0.15, 0.2) is 16.8 Å². The molecule has 2 aromatic rings. The van der Waals surface area contributed by atoms with Crippen LogP contribution < -0.4 is 5.32 Å². The van der Waals surface area contributed by atoms with Gasteiger partial charge in [0.1, 0.15) is 0 Å². The highest BCUT2D eigenvalue weighted by Gasteiger charge is 2.11. The van der Waals surface area contributed by atoms with E-state index in [2.05, 4.69) is 15.4 Å². The van der Waals surface area contributed by atoms with Crippen LogP contribution in [-0.2, 0) is 13.5 Å². The Morgan fingerprint density at radius 2 is 2.25 bits per heavy atom. The zero-order chi connectivity index (χ0) is 11.5. The standard InChI is InChI=1S/C11H16N4O/c1-8-9(6-14-15(8)3)10-7-13-11(16-10)4-5-12-2/h6-7,12H,4-5H2,1-3H3. The lowest BCUT2D eigenvalue weighted by Crippen LogP contribution is -2.10. The number of oxazole rings is 1. The van der Waals surface area contributed by atoms with Gasteiger partial charge in [0, 0.05) is 25.7 Å². The van der Waals surface area contributed by atoms with E-state index in [4.69, 9.17) is 4.42 Å². The van der Waals surface area contributed by atoms with E-state index in [1.807, 2.05) is 25.7 Å². The van der Waals surface area contributed by atoms with Gasteiger partial charge in [-0.25, -0.2) is 4.98 Å². The van der Waals surface area contributed by atoms with Gasteiger partial charge in [0.05, 0.1) is 18.0 Å². The number of hydrogen-bond donors (Lipinski definition) is 1. The molecule has 5 nitrogen and oxygen atoms in total. The summed E-state index contributed by atoms with van der Waals surface area (Å²) in [6, 6.07) is 0. The lowest BCUT2D eigenvalue weighted by molar-refractivity contribution is 0.500. The van der Waals surface area contributed by atoms with Gasteiger partial charge in [0.2, 0.25) is 0 Å². The second-order valence-corrected chi connectivity index (χ2v) is 3.74. The lowest BCUT2D eigenvalue weighted by Gasteiger charge is -1.96. The maximum atomic E-state index is 5.66. The summed E-state index contributed by atoms with van der Waals surface area (Å²) >= 11 is 0. The average Bonchev–Trinajstić information content (AvgIpc) is 2.85. The van der Waals surface area contributed by atoms with Crippen molar-refractivity contribution in [3.63, 3.8) is 0 Å². The molecule has 0 saturated carbocycles. The van der Waals surface area contributed by atoms with E-state index < -0.39 is 0 Å². The zero-order valence-corrected chi connectivity index (χ0v) is 9.82. The summed E-state index contributed by atoms with van der Waals surface area (Å²) in [7, 11) is 3.83. The first-order valence-electron chi connectivity index (χ1n) is 5.30. The number of hydrogen-bond acceptors (Lipinski definition) is 4. The molecule has 0 spiro atoms. The summed E-state index contributed by atoms with van der Waals surface area (Å²) in [5.74, 6) is 1.55. The van der Waals surface area contributed by atoms with E-state index in [-0.39, 0.29) is 0 Å². The van der Waals surface area contributed by atoms with Crippen molar-refractivity contribution in [2.45, 2.75) is 13.3 Å². The van der Waals surface area contributed by atoms with E-state index in [1.165, 1.54) is 0 Å². The first-order chi connectivity index (χ1) is 7.72. The van der Waals surface area contributed by atoms with Crippen molar-refractivity contribution in [1.29, 1.82) is 0 Å². The van der Waals surface area contributed by atoms with Gasteiger partial charge in [-0.3, -0.25) is 4.68 Å². The Morgan fingerprint density at radius 1 is 1.44 bits per heavy atom. The fraction of sp³-hybridized carbons (Fsp3) is 0.455. The fourth-order valence-electron chi connectivity index (χ4n) is 1.52. The third-order valence-corrected chi connectivity index (χ3v) is 2.64. The van der Waals surface area contributed by atoms with Gasteiger partial charge in [0.25, 0.3) is 0 Å². The molecule has 0 radical (unpaired) electrons. The van der Waals surface area contributed by atoms with E-state index in [9.17, 15) is 0 Å². The Morgan fingerprint density at radius 3 is 2.88 bits per heavy atom. The summed E-state index contributed by atoms with van der Waals surface area (Å²) in [6.07, 6.45) is 4.36. The second-order valence-electron chi connectivity index (χ2n) is 3.74. The number of aryl methyl sites for hydroxylation is 1. The molecule has 1 N–H and O–H groups in total. The maximum Gasteiger partial charge on any atom is 0.196 e. The highest BCUT2D eigenvalue weighted by Crippen LogP contribution is 2.23. The summed E-state index contributed by atoms with van der Waals surface area (Å²) in [5, 5.41) is 7.24. The molecule has 2 heterocycles. The molecule has 0 aromatic carbocycles. The molecule has 0 unspecified atom stereocenters. The molecule has 16 heavy (non-hydrogen) atoms. The van der Waals surface area contributed by atoms with Crippen molar-refractivity contribution in [2.24, 2.45) is 7.05 Å². The van der Waals surface area contributed by atoms with Crippen molar-refractivity contribution in [3.05, 3.63) is 24.0 Å². The van der Waals surface area contributed by atoms with E-state index in [1.54, 1.807) is 12.4 Å². The largest absolute Gasteiger partial charge is 0.441 e. The molecule has 0 bridgehead atoms. The van der Waals surface area contributed by atoms with Gasteiger partial charge in [-0.2, -0.15) is 5.10 Å². The molecule has 2 aromatic heterocycles. The van der Waals surface area contributed by atoms with Crippen LogP contribution >= 0.6 is 0 Å². The Kier molecular flexibility index (Phi) is 3.05. The molecule has 0 atom stereocenters. The molecule has 0 aliphatic heterocycles. The predicted octanol–water partition coefficient (Wildman–Crippen LogP) is 1.15. The number of likely N-dealkylation sites (N-methyl/N-ethyl adjacent to an activating group) is 1. The minimum Gasteiger partial charge on any atom is -0.441 e. The van der Waals surface area contributed by atoms with Gasteiger partial charge < -0.3 is 9.73 Å². The van der Waals surface area contributed by atoms with Gasteiger partial charge in [-0.1, -0.05) is 0 Å². The number of nitrogens with zero attached hydrogens (tertiary/aromatic N) is 3. The van der Waals surface area contributed by atoms with Crippen LogP contribution in [0.4, 0.5) is 0 Å². The smallest absolute Gasteiger partial charge is 0.196 e. The fourth-order valence-corrected chi connectivity index (χ4v) is 1.52. The van der Waals surface area contributed by atoms with Crippen LogP contribution in [0.3, 0.4) is 0 Å². The van der Waals surface area contributed by atoms with Crippen molar-refractivity contribution in [2.75, 3.05) is 13.6 Å². The third-order valence-electron chi connectivity index (χ3n) is 2.64. The molecule has 5 heteroatoms. The topological polar surface area (TPSA) is 55.9 Å². The minimum absolute atomic E-state index is 0.757. The molecule has 0 saturated heterocycles. The summed E-state index contributed by atoms with van der Waals surface area (Å²) in [4.78, 5) is 4.24. The Bertz CT molecular complexity index is 472. The van der Waals surface area contributed by atoms with E-state index >= 15 is 0 Å². The summed E-state index contributed by atoms with van der Waals surface area (Å²) < 4.78 is 7.49. The number of aromatic nitrogens is 3. The second kappa shape index (κ2) is 4.49. The van der Waals surface area contributed by atoms with Crippen LogP contribution in [0.5, 0.6) is 0 Å². The monoisotopic (exact) mass is 220 g/mol. The highest BCUT2D eigenvalue weighted by molar-refractivity contribution is 5.58. The first-order valence-corrected chi connectivity index (χ1v) is 5.30. The Balaban J connectivity index is 2.21. The predicted molar refractivity (Wildman–Crippen MR) is 61.1 cm³/mol. The molecule has 0 amide bonds. The van der Waals surface area contributed by atoms with Crippen molar-refractivity contribution >= 4 is 0 Å². The van der Waals surface area contributed by atoms with Gasteiger partial charge in [0.15, 0.2) is 11.7 Å². The van der Waals surface area contributed by atoms with Gasteiger partial charge >= 0.3 is 0 Å². The van der Waals surface area contributed by atoms with E-state index in [0.29, 0.717) is 0 Å². The van der Waals surface area contributed by atoms with Crippen molar-refractivity contribution in [3.8, 4) is 11.3 Å². The lowest BCUT2D eigenvalue weighted by atomic mass is 10.2. The van der Waals surface area contributed by atoms with Crippen LogP contribution in [0.2, 0.25) is 0 Å². The Labute approximate surface area is 94.5 Å². The first kappa shape index (κ1) is 10.9. The maximum absolute atomic E-state index is 5.66. The minimum atomic E-state index is 0.757. The number of rotatable bonds is 4. The molecule has 0 aliphatic carbocycles. The average molecular weight is 220 g/mol. The van der Waals surface area contributed by atoms with Crippen LogP contribution in [0.25, 0.3) is 11.3 Å². The zero-order valence-electron chi connectivity index (χ0n) is 9.82. The number of nitrogens with one attached hydrogen (secondary N) is 1. The van der Waals surface area contributed by atoms with Crippen LogP contribution in [0, 0.1) is 6.92 Å². The molecular weight excluding hydrogens is 204 g/mol. The van der Waals surface area contributed by atoms with Crippen LogP contribution in [0.1, 0.15) is 11.6 Å².